The van der Waals surface area contributed by atoms with Crippen LogP contribution in [0, 0.1) is 0 Å². The van der Waals surface area contributed by atoms with Crippen molar-refractivity contribution in [1.82, 2.24) is 5.32 Å². The smallest absolute Gasteiger partial charge is 0.253 e. The Morgan fingerprint density at radius 1 is 0.958 bits per heavy atom. The highest BCUT2D eigenvalue weighted by Crippen LogP contribution is 2.37. The van der Waals surface area contributed by atoms with E-state index < -0.39 is 0 Å². The maximum atomic E-state index is 12.6. The van der Waals surface area contributed by atoms with Crippen LogP contribution in [0.5, 0.6) is 0 Å². The van der Waals surface area contributed by atoms with Crippen LogP contribution in [0.4, 0.5) is 0 Å². The van der Waals surface area contributed by atoms with Crippen LogP contribution in [0.25, 0.3) is 0 Å². The second-order valence-electron chi connectivity index (χ2n) is 6.12. The van der Waals surface area contributed by atoms with Crippen LogP contribution in [0.1, 0.15) is 47.5 Å². The highest BCUT2D eigenvalue weighted by atomic mass is 35.5. The highest BCUT2D eigenvalue weighted by Gasteiger charge is 2.29. The van der Waals surface area contributed by atoms with Gasteiger partial charge in [0.05, 0.1) is 10.6 Å². The normalized spacial score (nSPS) is 20.6. The third-order valence-corrected chi connectivity index (χ3v) is 5.45. The van der Waals surface area contributed by atoms with Gasteiger partial charge in [0.15, 0.2) is 0 Å². The van der Waals surface area contributed by atoms with Gasteiger partial charge in [0.2, 0.25) is 0 Å². The number of amides is 1. The minimum absolute atomic E-state index is 0.0428. The predicted molar refractivity (Wildman–Crippen MR) is 100 cm³/mol. The minimum atomic E-state index is -0.136. The maximum absolute atomic E-state index is 12.6. The quantitative estimate of drug-likeness (QED) is 0.682. The van der Waals surface area contributed by atoms with Crippen molar-refractivity contribution < 1.29 is 4.79 Å². The van der Waals surface area contributed by atoms with Gasteiger partial charge in [-0.05, 0) is 42.7 Å². The van der Waals surface area contributed by atoms with Crippen molar-refractivity contribution in [2.24, 2.45) is 0 Å². The molecule has 1 saturated carbocycles. The van der Waals surface area contributed by atoms with Gasteiger partial charge in [-0.2, -0.15) is 0 Å². The van der Waals surface area contributed by atoms with E-state index in [9.17, 15) is 4.79 Å². The lowest BCUT2D eigenvalue weighted by atomic mass is 9.80. The van der Waals surface area contributed by atoms with Crippen LogP contribution in [-0.2, 0) is 0 Å². The van der Waals surface area contributed by atoms with E-state index in [1.54, 1.807) is 18.2 Å². The van der Waals surface area contributed by atoms with Gasteiger partial charge in [0.25, 0.3) is 5.91 Å². The molecule has 1 amide bonds. The standard InChI is InChI=1S/C19H18Cl3NO/c20-12-9-10-13(17(22)11-12)14-5-2-4-8-18(14)23-19(24)15-6-1-3-7-16(15)21/h1,3,6-7,9-11,14,18H,2,4-5,8H2,(H,23,24)/t14-,18+/m0/s1. The number of nitrogens with one attached hydrogen (secondary N) is 1. The van der Waals surface area contributed by atoms with Crippen LogP contribution in [-0.4, -0.2) is 11.9 Å². The Bertz CT molecular complexity index is 747. The lowest BCUT2D eigenvalue weighted by molar-refractivity contribution is 0.0921. The molecule has 0 saturated heterocycles. The Labute approximate surface area is 157 Å². The Hall–Kier alpha value is -1.22. The lowest BCUT2D eigenvalue weighted by Crippen LogP contribution is -2.41. The fraction of sp³-hybridized carbons (Fsp3) is 0.316. The molecular formula is C19H18Cl3NO. The number of carbonyl (C=O) groups is 1. The monoisotopic (exact) mass is 381 g/mol. The molecule has 2 aromatic carbocycles. The molecule has 5 heteroatoms. The first-order valence-corrected chi connectivity index (χ1v) is 9.20. The number of hydrogen-bond acceptors (Lipinski definition) is 1. The number of benzene rings is 2. The Morgan fingerprint density at radius 2 is 1.71 bits per heavy atom. The third kappa shape index (κ3) is 3.88. The van der Waals surface area contributed by atoms with E-state index in [-0.39, 0.29) is 17.9 Å². The van der Waals surface area contributed by atoms with Crippen molar-refractivity contribution >= 4 is 40.7 Å². The van der Waals surface area contributed by atoms with Crippen LogP contribution in [0.15, 0.2) is 42.5 Å². The summed E-state index contributed by atoms with van der Waals surface area (Å²) in [4.78, 5) is 12.6. The van der Waals surface area contributed by atoms with Gasteiger partial charge >= 0.3 is 0 Å². The molecule has 0 heterocycles. The van der Waals surface area contributed by atoms with Gasteiger partial charge in [-0.1, -0.05) is 65.8 Å². The molecule has 3 rings (SSSR count). The highest BCUT2D eigenvalue weighted by molar-refractivity contribution is 6.35. The molecule has 0 aliphatic heterocycles. The van der Waals surface area contributed by atoms with Crippen molar-refractivity contribution in [3.63, 3.8) is 0 Å². The van der Waals surface area contributed by atoms with Gasteiger partial charge in [0, 0.05) is 22.0 Å². The van der Waals surface area contributed by atoms with E-state index in [1.165, 1.54) is 0 Å². The van der Waals surface area contributed by atoms with Crippen molar-refractivity contribution in [3.8, 4) is 0 Å². The largest absolute Gasteiger partial charge is 0.349 e. The maximum Gasteiger partial charge on any atom is 0.253 e. The molecule has 1 N–H and O–H groups in total. The van der Waals surface area contributed by atoms with E-state index in [4.69, 9.17) is 34.8 Å². The first-order valence-electron chi connectivity index (χ1n) is 8.06. The summed E-state index contributed by atoms with van der Waals surface area (Å²) in [5.41, 5.74) is 1.55. The SMILES string of the molecule is O=C(N[C@@H]1CCCC[C@H]1c1ccc(Cl)cc1Cl)c1ccccc1Cl. The fourth-order valence-electron chi connectivity index (χ4n) is 3.37. The lowest BCUT2D eigenvalue weighted by Gasteiger charge is -2.33. The first-order chi connectivity index (χ1) is 11.6. The average molecular weight is 383 g/mol. The average Bonchev–Trinajstić information content (AvgIpc) is 2.56. The van der Waals surface area contributed by atoms with E-state index >= 15 is 0 Å². The van der Waals surface area contributed by atoms with Crippen molar-refractivity contribution in [1.29, 1.82) is 0 Å². The fourth-order valence-corrected chi connectivity index (χ4v) is 4.14. The Kier molecular flexibility index (Phi) is 5.70. The minimum Gasteiger partial charge on any atom is -0.349 e. The van der Waals surface area contributed by atoms with Crippen molar-refractivity contribution in [2.75, 3.05) is 0 Å². The number of rotatable bonds is 3. The second-order valence-corrected chi connectivity index (χ2v) is 7.37. The summed E-state index contributed by atoms with van der Waals surface area (Å²) in [6.45, 7) is 0. The van der Waals surface area contributed by atoms with Gasteiger partial charge in [-0.15, -0.1) is 0 Å². The number of halogens is 3. The molecule has 0 aromatic heterocycles. The second kappa shape index (κ2) is 7.77. The van der Waals surface area contributed by atoms with Gasteiger partial charge in [-0.3, -0.25) is 4.79 Å². The molecule has 24 heavy (non-hydrogen) atoms. The van der Waals surface area contributed by atoms with Gasteiger partial charge < -0.3 is 5.32 Å². The first kappa shape index (κ1) is 17.6. The van der Waals surface area contributed by atoms with Crippen molar-refractivity contribution in [3.05, 3.63) is 68.7 Å². The van der Waals surface area contributed by atoms with E-state index in [0.29, 0.717) is 20.6 Å². The Morgan fingerprint density at radius 3 is 2.46 bits per heavy atom. The summed E-state index contributed by atoms with van der Waals surface area (Å²) in [5, 5.41) is 4.90. The molecule has 1 aliphatic rings. The summed E-state index contributed by atoms with van der Waals surface area (Å²) < 4.78 is 0. The molecule has 2 atom stereocenters. The van der Waals surface area contributed by atoms with E-state index in [0.717, 1.165) is 31.2 Å². The summed E-state index contributed by atoms with van der Waals surface area (Å²) in [6.07, 6.45) is 4.14. The topological polar surface area (TPSA) is 29.1 Å². The molecular weight excluding hydrogens is 365 g/mol. The van der Waals surface area contributed by atoms with Gasteiger partial charge in [-0.25, -0.2) is 0 Å². The number of carbonyl (C=O) groups excluding carboxylic acids is 1. The summed E-state index contributed by atoms with van der Waals surface area (Å²) in [5.74, 6) is 0.0533. The van der Waals surface area contributed by atoms with Crippen molar-refractivity contribution in [2.45, 2.75) is 37.6 Å². The van der Waals surface area contributed by atoms with Crippen LogP contribution >= 0.6 is 34.8 Å². The molecule has 1 aliphatic carbocycles. The van der Waals surface area contributed by atoms with E-state index in [2.05, 4.69) is 5.32 Å². The summed E-state index contributed by atoms with van der Waals surface area (Å²) in [6, 6.07) is 12.7. The van der Waals surface area contributed by atoms with Crippen LogP contribution in [0.3, 0.4) is 0 Å². The molecule has 0 spiro atoms. The zero-order valence-corrected chi connectivity index (χ0v) is 15.3. The molecule has 1 fully saturated rings. The molecule has 126 valence electrons. The van der Waals surface area contributed by atoms with Gasteiger partial charge in [0.1, 0.15) is 0 Å². The zero-order valence-electron chi connectivity index (χ0n) is 13.1. The molecule has 0 bridgehead atoms. The molecule has 0 unspecified atom stereocenters. The van der Waals surface area contributed by atoms with E-state index in [1.807, 2.05) is 24.3 Å². The molecule has 2 aromatic rings. The number of hydrogen-bond donors (Lipinski definition) is 1. The predicted octanol–water partition coefficient (Wildman–Crippen LogP) is 6.10. The van der Waals surface area contributed by atoms with Crippen LogP contribution < -0.4 is 5.32 Å². The Balaban J connectivity index is 1.82. The summed E-state index contributed by atoms with van der Waals surface area (Å²) in [7, 11) is 0. The molecule has 0 radical (unpaired) electrons. The third-order valence-electron chi connectivity index (χ3n) is 4.56. The summed E-state index contributed by atoms with van der Waals surface area (Å²) >= 11 is 18.5. The van der Waals surface area contributed by atoms with Crippen LogP contribution in [0.2, 0.25) is 15.1 Å². The zero-order chi connectivity index (χ0) is 17.1. The molecule has 2 nitrogen and oxygen atoms in total.